The number of carboxylic acids is 1. The maximum atomic E-state index is 13.6. The van der Waals surface area contributed by atoms with Crippen LogP contribution in [-0.2, 0) is 10.2 Å². The molecule has 0 saturated carbocycles. The Morgan fingerprint density at radius 1 is 1.29 bits per heavy atom. The van der Waals surface area contributed by atoms with Gasteiger partial charge >= 0.3 is 5.97 Å². The van der Waals surface area contributed by atoms with E-state index in [1.807, 2.05) is 0 Å². The van der Waals surface area contributed by atoms with Gasteiger partial charge < -0.3 is 10.4 Å². The largest absolute Gasteiger partial charge is 0.481 e. The molecule has 17 heavy (non-hydrogen) atoms. The molecule has 1 aromatic carbocycles. The Balaban J connectivity index is 2.59. The van der Waals surface area contributed by atoms with Crippen molar-refractivity contribution in [1.82, 2.24) is 5.32 Å². The van der Waals surface area contributed by atoms with E-state index in [1.165, 1.54) is 0 Å². The molecule has 1 aliphatic rings. The number of rotatable bonds is 2. The van der Waals surface area contributed by atoms with Crippen molar-refractivity contribution in [3.63, 3.8) is 0 Å². The molecule has 2 rings (SSSR count). The summed E-state index contributed by atoms with van der Waals surface area (Å²) in [6.45, 7) is 0.398. The van der Waals surface area contributed by atoms with Crippen molar-refractivity contribution < 1.29 is 23.1 Å². The molecule has 0 aromatic heterocycles. The third-order valence-corrected chi connectivity index (χ3v) is 3.12. The maximum Gasteiger partial charge on any atom is 0.315 e. The number of benzene rings is 1. The van der Waals surface area contributed by atoms with Crippen LogP contribution in [0, 0.1) is 17.5 Å². The summed E-state index contributed by atoms with van der Waals surface area (Å²) < 4.78 is 39.5. The van der Waals surface area contributed by atoms with E-state index < -0.39 is 28.8 Å². The first kappa shape index (κ1) is 11.9. The lowest BCUT2D eigenvalue weighted by molar-refractivity contribution is -0.143. The Bertz CT molecular complexity index is 470. The predicted molar refractivity (Wildman–Crippen MR) is 53.1 cm³/mol. The van der Waals surface area contributed by atoms with Crippen molar-refractivity contribution >= 4 is 5.97 Å². The highest BCUT2D eigenvalue weighted by molar-refractivity contribution is 5.82. The molecule has 0 bridgehead atoms. The average molecular weight is 245 g/mol. The molecule has 0 spiro atoms. The van der Waals surface area contributed by atoms with Gasteiger partial charge in [-0.1, -0.05) is 6.07 Å². The van der Waals surface area contributed by atoms with Gasteiger partial charge in [-0.2, -0.15) is 0 Å². The molecule has 3 nitrogen and oxygen atoms in total. The SMILES string of the molecule is O=C(O)C1(c2ccc(F)c(F)c2F)CCNC1. The Morgan fingerprint density at radius 3 is 2.53 bits per heavy atom. The molecular weight excluding hydrogens is 235 g/mol. The van der Waals surface area contributed by atoms with Crippen LogP contribution in [0.4, 0.5) is 13.2 Å². The Kier molecular flexibility index (Phi) is 2.82. The van der Waals surface area contributed by atoms with E-state index in [1.54, 1.807) is 0 Å². The summed E-state index contributed by atoms with van der Waals surface area (Å²) in [5.41, 5.74) is -1.83. The van der Waals surface area contributed by atoms with E-state index in [2.05, 4.69) is 5.32 Å². The fourth-order valence-electron chi connectivity index (χ4n) is 2.12. The third kappa shape index (κ3) is 1.68. The molecule has 0 radical (unpaired) electrons. The second-order valence-corrected chi connectivity index (χ2v) is 4.04. The summed E-state index contributed by atoms with van der Waals surface area (Å²) in [4.78, 5) is 11.2. The minimum absolute atomic E-state index is 0.00429. The summed E-state index contributed by atoms with van der Waals surface area (Å²) in [7, 11) is 0. The van der Waals surface area contributed by atoms with Gasteiger partial charge in [0.25, 0.3) is 0 Å². The number of hydrogen-bond acceptors (Lipinski definition) is 2. The molecule has 1 heterocycles. The van der Waals surface area contributed by atoms with Gasteiger partial charge in [-0.3, -0.25) is 4.79 Å². The van der Waals surface area contributed by atoms with E-state index in [4.69, 9.17) is 0 Å². The quantitative estimate of drug-likeness (QED) is 0.775. The van der Waals surface area contributed by atoms with Crippen LogP contribution in [0.5, 0.6) is 0 Å². The zero-order valence-corrected chi connectivity index (χ0v) is 8.77. The van der Waals surface area contributed by atoms with Crippen molar-refractivity contribution in [2.75, 3.05) is 13.1 Å². The van der Waals surface area contributed by atoms with Crippen LogP contribution in [0.1, 0.15) is 12.0 Å². The molecule has 1 fully saturated rings. The number of carboxylic acid groups (broad SMARTS) is 1. The molecule has 6 heteroatoms. The summed E-state index contributed by atoms with van der Waals surface area (Å²) in [6, 6.07) is 1.74. The minimum atomic E-state index is -1.63. The van der Waals surface area contributed by atoms with Crippen LogP contribution >= 0.6 is 0 Å². The van der Waals surface area contributed by atoms with Gasteiger partial charge in [0.2, 0.25) is 0 Å². The second-order valence-electron chi connectivity index (χ2n) is 4.04. The number of aliphatic carboxylic acids is 1. The van der Waals surface area contributed by atoms with E-state index in [0.717, 1.165) is 12.1 Å². The molecular formula is C11H10F3NO2. The van der Waals surface area contributed by atoms with E-state index in [0.29, 0.717) is 6.54 Å². The summed E-state index contributed by atoms with van der Waals surface area (Å²) in [5, 5.41) is 12.0. The van der Waals surface area contributed by atoms with Gasteiger partial charge in [-0.15, -0.1) is 0 Å². The van der Waals surface area contributed by atoms with Crippen LogP contribution in [0.2, 0.25) is 0 Å². The zero-order valence-electron chi connectivity index (χ0n) is 8.77. The molecule has 1 aliphatic heterocycles. The average Bonchev–Trinajstić information content (AvgIpc) is 2.76. The highest BCUT2D eigenvalue weighted by atomic mass is 19.2. The lowest BCUT2D eigenvalue weighted by Crippen LogP contribution is -2.39. The monoisotopic (exact) mass is 245 g/mol. The fraction of sp³-hybridized carbons (Fsp3) is 0.364. The molecule has 1 unspecified atom stereocenters. The first-order chi connectivity index (χ1) is 7.99. The van der Waals surface area contributed by atoms with Gasteiger partial charge in [0.1, 0.15) is 5.41 Å². The van der Waals surface area contributed by atoms with Gasteiger partial charge in [-0.05, 0) is 19.0 Å². The normalized spacial score (nSPS) is 23.9. The smallest absolute Gasteiger partial charge is 0.315 e. The molecule has 1 saturated heterocycles. The van der Waals surface area contributed by atoms with Crippen LogP contribution in [-0.4, -0.2) is 24.2 Å². The van der Waals surface area contributed by atoms with Crippen molar-refractivity contribution in [2.45, 2.75) is 11.8 Å². The van der Waals surface area contributed by atoms with E-state index >= 15 is 0 Å². The summed E-state index contributed by atoms with van der Waals surface area (Å²) >= 11 is 0. The molecule has 92 valence electrons. The molecule has 0 aliphatic carbocycles. The van der Waals surface area contributed by atoms with Gasteiger partial charge in [-0.25, -0.2) is 13.2 Å². The van der Waals surface area contributed by atoms with Crippen molar-refractivity contribution in [2.24, 2.45) is 0 Å². The second kappa shape index (κ2) is 4.03. The fourth-order valence-corrected chi connectivity index (χ4v) is 2.12. The van der Waals surface area contributed by atoms with Gasteiger partial charge in [0, 0.05) is 12.1 Å². The lowest BCUT2D eigenvalue weighted by atomic mass is 9.79. The maximum absolute atomic E-state index is 13.6. The first-order valence-corrected chi connectivity index (χ1v) is 5.07. The standard InChI is InChI=1S/C11H10F3NO2/c12-7-2-1-6(8(13)9(7)14)11(10(16)17)3-4-15-5-11/h1-2,15H,3-5H2,(H,16,17). The number of carbonyl (C=O) groups is 1. The molecule has 2 N–H and O–H groups in total. The number of halogens is 3. The van der Waals surface area contributed by atoms with Gasteiger partial charge in [0.05, 0.1) is 0 Å². The topological polar surface area (TPSA) is 49.3 Å². The number of nitrogens with one attached hydrogen (secondary N) is 1. The van der Waals surface area contributed by atoms with Crippen molar-refractivity contribution in [3.8, 4) is 0 Å². The molecule has 1 atom stereocenters. The summed E-state index contributed by atoms with van der Waals surface area (Å²) in [5.74, 6) is -5.61. The van der Waals surface area contributed by atoms with Crippen LogP contribution in [0.3, 0.4) is 0 Å². The third-order valence-electron chi connectivity index (χ3n) is 3.12. The van der Waals surface area contributed by atoms with Gasteiger partial charge in [0.15, 0.2) is 17.5 Å². The predicted octanol–water partition coefficient (Wildman–Crippen LogP) is 1.42. The minimum Gasteiger partial charge on any atom is -0.481 e. The van der Waals surface area contributed by atoms with Crippen molar-refractivity contribution in [3.05, 3.63) is 35.1 Å². The van der Waals surface area contributed by atoms with Crippen molar-refractivity contribution in [1.29, 1.82) is 0 Å². The summed E-state index contributed by atoms with van der Waals surface area (Å²) in [6.07, 6.45) is 0.143. The van der Waals surface area contributed by atoms with Crippen LogP contribution in [0.15, 0.2) is 12.1 Å². The van der Waals surface area contributed by atoms with E-state index in [9.17, 15) is 23.1 Å². The molecule has 1 aromatic rings. The van der Waals surface area contributed by atoms with Crippen LogP contribution in [0.25, 0.3) is 0 Å². The van der Waals surface area contributed by atoms with E-state index in [-0.39, 0.29) is 18.5 Å². The lowest BCUT2D eigenvalue weighted by Gasteiger charge is -2.24. The van der Waals surface area contributed by atoms with Crippen LogP contribution < -0.4 is 5.32 Å². The highest BCUT2D eigenvalue weighted by Gasteiger charge is 2.45. The number of hydrogen-bond donors (Lipinski definition) is 2. The Morgan fingerprint density at radius 2 is 2.00 bits per heavy atom. The Labute approximate surface area is 95.3 Å². The first-order valence-electron chi connectivity index (χ1n) is 5.07. The zero-order chi connectivity index (χ0) is 12.6. The molecule has 0 amide bonds. The highest BCUT2D eigenvalue weighted by Crippen LogP contribution is 2.34. The Hall–Kier alpha value is -1.56.